The Balaban J connectivity index is 1.42. The molecule has 0 bridgehead atoms. The van der Waals surface area contributed by atoms with Crippen LogP contribution in [0.2, 0.25) is 0 Å². The Morgan fingerprint density at radius 1 is 1.03 bits per heavy atom. The van der Waals surface area contributed by atoms with E-state index >= 15 is 0 Å². The molecule has 2 aromatic carbocycles. The molecule has 0 radical (unpaired) electrons. The lowest BCUT2D eigenvalue weighted by Gasteiger charge is -2.37. The smallest absolute Gasteiger partial charge is 0.243 e. The molecule has 33 heavy (non-hydrogen) atoms. The van der Waals surface area contributed by atoms with Gasteiger partial charge in [-0.2, -0.15) is 4.31 Å². The molecule has 1 aliphatic heterocycles. The van der Waals surface area contributed by atoms with Crippen molar-refractivity contribution in [1.82, 2.24) is 9.21 Å². The molecule has 176 valence electrons. The summed E-state index contributed by atoms with van der Waals surface area (Å²) in [7, 11) is -2.16. The third-order valence-corrected chi connectivity index (χ3v) is 8.18. The number of hydrogen-bond acceptors (Lipinski definition) is 5. The Hall–Kier alpha value is -2.61. The number of furan rings is 1. The molecule has 1 aromatic heterocycles. The summed E-state index contributed by atoms with van der Waals surface area (Å²) in [5.74, 6) is 1.18. The van der Waals surface area contributed by atoms with Gasteiger partial charge < -0.3 is 14.1 Å². The van der Waals surface area contributed by atoms with Crippen LogP contribution >= 0.6 is 0 Å². The number of hydrogen-bond donors (Lipinski definition) is 0. The van der Waals surface area contributed by atoms with E-state index < -0.39 is 10.0 Å². The van der Waals surface area contributed by atoms with Crippen LogP contribution in [0.15, 0.2) is 82.3 Å². The molecule has 1 aliphatic rings. The highest BCUT2D eigenvalue weighted by molar-refractivity contribution is 7.89. The fourth-order valence-corrected chi connectivity index (χ4v) is 6.13. The van der Waals surface area contributed by atoms with Crippen LogP contribution in [0.4, 0.5) is 0 Å². The van der Waals surface area contributed by atoms with Gasteiger partial charge in [-0.25, -0.2) is 8.42 Å². The number of aryl methyl sites for hydroxylation is 1. The van der Waals surface area contributed by atoms with E-state index in [0.29, 0.717) is 11.5 Å². The zero-order valence-electron chi connectivity index (χ0n) is 19.1. The third kappa shape index (κ3) is 6.05. The highest BCUT2D eigenvalue weighted by Gasteiger charge is 2.34. The van der Waals surface area contributed by atoms with Crippen LogP contribution in [0.3, 0.4) is 0 Å². The summed E-state index contributed by atoms with van der Waals surface area (Å²) in [5, 5.41) is 0. The second-order valence-corrected chi connectivity index (χ2v) is 10.4. The quantitative estimate of drug-likeness (QED) is 0.436. The summed E-state index contributed by atoms with van der Waals surface area (Å²) in [6.45, 7) is 3.04. The Kier molecular flexibility index (Phi) is 7.85. The lowest BCUT2D eigenvalue weighted by molar-refractivity contribution is 0.151. The van der Waals surface area contributed by atoms with Crippen molar-refractivity contribution in [3.05, 3.63) is 84.3 Å². The third-order valence-electron chi connectivity index (χ3n) is 6.29. The number of ether oxygens (including phenoxy) is 1. The van der Waals surface area contributed by atoms with Gasteiger partial charge in [-0.3, -0.25) is 0 Å². The van der Waals surface area contributed by atoms with E-state index in [1.165, 1.54) is 5.56 Å². The van der Waals surface area contributed by atoms with Gasteiger partial charge in [-0.05, 0) is 75.1 Å². The fourth-order valence-electron chi connectivity index (χ4n) is 4.45. The number of nitrogens with zero attached hydrogens (tertiary/aromatic N) is 2. The molecule has 0 aliphatic carbocycles. The van der Waals surface area contributed by atoms with Crippen molar-refractivity contribution in [2.75, 3.05) is 26.7 Å². The molecule has 0 atom stereocenters. The number of benzene rings is 2. The Morgan fingerprint density at radius 3 is 2.52 bits per heavy atom. The van der Waals surface area contributed by atoms with Gasteiger partial charge in [-0.1, -0.05) is 36.4 Å². The number of piperidine rings is 1. The second kappa shape index (κ2) is 11.0. The normalized spacial score (nSPS) is 15.7. The zero-order valence-corrected chi connectivity index (χ0v) is 19.9. The predicted molar refractivity (Wildman–Crippen MR) is 129 cm³/mol. The lowest BCUT2D eigenvalue weighted by atomic mass is 10.0. The molecule has 4 rings (SSSR count). The van der Waals surface area contributed by atoms with Crippen LogP contribution in [0.1, 0.15) is 30.6 Å². The summed E-state index contributed by atoms with van der Waals surface area (Å²) < 4.78 is 39.7. The molecule has 7 heteroatoms. The first-order valence-corrected chi connectivity index (χ1v) is 12.9. The summed E-state index contributed by atoms with van der Waals surface area (Å²) in [5.41, 5.74) is 1.36. The van der Waals surface area contributed by atoms with Crippen molar-refractivity contribution < 1.29 is 17.6 Å². The van der Waals surface area contributed by atoms with E-state index in [-0.39, 0.29) is 17.5 Å². The average Bonchev–Trinajstić information content (AvgIpc) is 3.37. The summed E-state index contributed by atoms with van der Waals surface area (Å²) in [6, 6.07) is 20.8. The van der Waals surface area contributed by atoms with Crippen molar-refractivity contribution in [3.63, 3.8) is 0 Å². The van der Waals surface area contributed by atoms with Crippen molar-refractivity contribution in [1.29, 1.82) is 0 Å². The highest BCUT2D eigenvalue weighted by Crippen LogP contribution is 2.28. The summed E-state index contributed by atoms with van der Waals surface area (Å²) in [6.07, 6.45) is 5.36. The zero-order chi connectivity index (χ0) is 23.1. The largest absolute Gasteiger partial charge is 0.497 e. The maximum atomic E-state index is 13.7. The minimum Gasteiger partial charge on any atom is -0.497 e. The number of sulfonamides is 1. The molecule has 1 saturated heterocycles. The van der Waals surface area contributed by atoms with Crippen LogP contribution in [-0.2, 0) is 23.0 Å². The van der Waals surface area contributed by atoms with E-state index in [2.05, 4.69) is 29.2 Å². The van der Waals surface area contributed by atoms with Gasteiger partial charge in [0, 0.05) is 12.1 Å². The Labute approximate surface area is 196 Å². The first-order valence-electron chi connectivity index (χ1n) is 11.5. The maximum Gasteiger partial charge on any atom is 0.243 e. The van der Waals surface area contributed by atoms with Crippen molar-refractivity contribution in [3.8, 4) is 5.75 Å². The second-order valence-electron chi connectivity index (χ2n) is 8.47. The monoisotopic (exact) mass is 468 g/mol. The van der Waals surface area contributed by atoms with Crippen LogP contribution in [-0.4, -0.2) is 50.4 Å². The molecular formula is C26H32N2O4S. The van der Waals surface area contributed by atoms with E-state index in [1.54, 1.807) is 48.0 Å². The molecule has 3 aromatic rings. The topological polar surface area (TPSA) is 63.0 Å². The molecule has 0 N–H and O–H groups in total. The molecular weight excluding hydrogens is 436 g/mol. The van der Waals surface area contributed by atoms with Gasteiger partial charge in [0.15, 0.2) is 0 Å². The molecule has 0 unspecified atom stereocenters. The first-order chi connectivity index (χ1) is 16.1. The van der Waals surface area contributed by atoms with Crippen molar-refractivity contribution in [2.24, 2.45) is 0 Å². The first kappa shape index (κ1) is 23.5. The van der Waals surface area contributed by atoms with Crippen molar-refractivity contribution in [2.45, 2.75) is 43.2 Å². The summed E-state index contributed by atoms with van der Waals surface area (Å²) >= 11 is 0. The average molecular weight is 469 g/mol. The maximum absolute atomic E-state index is 13.7. The molecule has 2 heterocycles. The van der Waals surface area contributed by atoms with Gasteiger partial charge in [-0.15, -0.1) is 0 Å². The van der Waals surface area contributed by atoms with Gasteiger partial charge in [0.1, 0.15) is 11.5 Å². The Morgan fingerprint density at radius 2 is 1.82 bits per heavy atom. The minimum atomic E-state index is -3.71. The van der Waals surface area contributed by atoms with Crippen LogP contribution in [0.25, 0.3) is 0 Å². The predicted octanol–water partition coefficient (Wildman–Crippen LogP) is 4.58. The van der Waals surface area contributed by atoms with Crippen LogP contribution in [0.5, 0.6) is 5.75 Å². The molecule has 0 saturated carbocycles. The van der Waals surface area contributed by atoms with Gasteiger partial charge in [0.2, 0.25) is 10.0 Å². The molecule has 0 spiro atoms. The Bertz CT molecular complexity index is 1090. The van der Waals surface area contributed by atoms with E-state index in [0.717, 1.165) is 45.3 Å². The highest BCUT2D eigenvalue weighted by atomic mass is 32.2. The SMILES string of the molecule is COc1cccc(S(=O)(=O)N(Cc2ccco2)C2CCN(CCCc3ccccc3)CC2)c1. The number of methoxy groups -OCH3 is 1. The fraction of sp³-hybridized carbons (Fsp3) is 0.385. The van der Waals surface area contributed by atoms with Gasteiger partial charge >= 0.3 is 0 Å². The lowest BCUT2D eigenvalue weighted by Crippen LogP contribution is -2.47. The number of rotatable bonds is 10. The van der Waals surface area contributed by atoms with Crippen LogP contribution < -0.4 is 4.74 Å². The minimum absolute atomic E-state index is 0.0725. The molecule has 0 amide bonds. The number of likely N-dealkylation sites (tertiary alicyclic amines) is 1. The van der Waals surface area contributed by atoms with Gasteiger partial charge in [0.05, 0.1) is 24.8 Å². The summed E-state index contributed by atoms with van der Waals surface area (Å²) in [4.78, 5) is 2.70. The molecule has 6 nitrogen and oxygen atoms in total. The van der Waals surface area contributed by atoms with Gasteiger partial charge in [0.25, 0.3) is 0 Å². The standard InChI is InChI=1S/C26H32N2O4S/c1-31-24-11-5-13-26(20-24)33(29,30)28(21-25-12-7-19-32-25)23-14-17-27(18-15-23)16-6-10-22-8-3-2-4-9-22/h2-5,7-9,11-13,19-20,23H,6,10,14-18,21H2,1H3. The van der Waals surface area contributed by atoms with E-state index in [1.807, 2.05) is 12.1 Å². The van der Waals surface area contributed by atoms with E-state index in [4.69, 9.17) is 9.15 Å². The van der Waals surface area contributed by atoms with E-state index in [9.17, 15) is 8.42 Å². The van der Waals surface area contributed by atoms with Crippen molar-refractivity contribution >= 4 is 10.0 Å². The van der Waals surface area contributed by atoms with Crippen LogP contribution in [0, 0.1) is 0 Å². The molecule has 1 fully saturated rings.